The zero-order valence-electron chi connectivity index (χ0n) is 4.35. The molecule has 3 radical (unpaired) electrons. The van der Waals surface area contributed by atoms with E-state index >= 15 is 0 Å². The van der Waals surface area contributed by atoms with Gasteiger partial charge in [-0.1, -0.05) is 0 Å². The van der Waals surface area contributed by atoms with Gasteiger partial charge in [-0.25, -0.2) is 0 Å². The third-order valence-electron chi connectivity index (χ3n) is 0. The third kappa shape index (κ3) is 20.0. The van der Waals surface area contributed by atoms with Crippen LogP contribution in [-0.2, 0) is 17.1 Å². The van der Waals surface area contributed by atoms with Gasteiger partial charge in [0.25, 0.3) is 0 Å². The Bertz CT molecular complexity index is 17.7. The molecule has 0 fully saturated rings. The summed E-state index contributed by atoms with van der Waals surface area (Å²) < 4.78 is 0. The topological polar surface area (TPSA) is 0 Å². The largest absolute Gasteiger partial charge is 2.00 e. The maximum atomic E-state index is 0. The van der Waals surface area contributed by atoms with E-state index in [9.17, 15) is 0 Å². The van der Waals surface area contributed by atoms with Gasteiger partial charge in [0, 0.05) is 25.5 Å². The summed E-state index contributed by atoms with van der Waals surface area (Å²) in [6, 6.07) is 0. The molecule has 0 aromatic heterocycles. The minimum atomic E-state index is 0. The molecule has 0 aromatic rings. The Morgan fingerprint density at radius 2 is 1.20 bits per heavy atom. The first-order valence-electron chi connectivity index (χ1n) is 0. The molecule has 0 saturated heterocycles. The zero-order valence-corrected chi connectivity index (χ0v) is 7.07. The summed E-state index contributed by atoms with van der Waals surface area (Å²) in [6.45, 7) is 0. The average Bonchev–Trinajstić information content (AvgIpc) is 0. The van der Waals surface area contributed by atoms with E-state index in [1.54, 1.807) is 0 Å². The van der Waals surface area contributed by atoms with Gasteiger partial charge < -0.3 is 2.85 Å². The van der Waals surface area contributed by atoms with Gasteiger partial charge in [-0.3, -0.25) is 0 Å². The van der Waals surface area contributed by atoms with Gasteiger partial charge in [-0.2, -0.15) is 9.90 Å². The SMILES string of the molecule is P.[AlH3].[B].[Ca+2].[Fe].[H-].[H-]. The molecule has 0 aromatic carbocycles. The minimum Gasteiger partial charge on any atom is -1.00 e. The van der Waals surface area contributed by atoms with Crippen molar-refractivity contribution in [2.75, 3.05) is 0 Å². The first kappa shape index (κ1) is 45.9. The van der Waals surface area contributed by atoms with Crippen molar-refractivity contribution in [2.24, 2.45) is 0 Å². The molecule has 0 heterocycles. The Balaban J connectivity index is 0. The predicted octanol–water partition coefficient (Wildman–Crippen LogP) is -1.66. The van der Waals surface area contributed by atoms with Crippen molar-refractivity contribution in [2.45, 2.75) is 0 Å². The van der Waals surface area contributed by atoms with Crippen molar-refractivity contribution < 1.29 is 19.9 Å². The summed E-state index contributed by atoms with van der Waals surface area (Å²) in [7, 11) is 0. The molecule has 29 valence electrons. The Kier molecular flexibility index (Phi) is 268. The monoisotopic (exact) mass is 173 g/mol. The summed E-state index contributed by atoms with van der Waals surface area (Å²) >= 11 is 0. The van der Waals surface area contributed by atoms with Gasteiger partial charge in [-0.05, 0) is 0 Å². The zero-order chi connectivity index (χ0) is 0. The van der Waals surface area contributed by atoms with Crippen molar-refractivity contribution in [1.82, 2.24) is 0 Å². The first-order chi connectivity index (χ1) is 0. The van der Waals surface area contributed by atoms with E-state index in [1.807, 2.05) is 0 Å². The fourth-order valence-corrected chi connectivity index (χ4v) is 0. The summed E-state index contributed by atoms with van der Waals surface area (Å²) in [5, 5.41) is 0. The van der Waals surface area contributed by atoms with Crippen LogP contribution in [0.5, 0.6) is 0 Å². The van der Waals surface area contributed by atoms with Gasteiger partial charge >= 0.3 is 37.7 Å². The summed E-state index contributed by atoms with van der Waals surface area (Å²) in [6.07, 6.45) is 0. The molecule has 0 rings (SSSR count). The second-order valence-electron chi connectivity index (χ2n) is 0. The number of hydrogen-bond acceptors (Lipinski definition) is 0. The molecule has 5 heteroatoms. The summed E-state index contributed by atoms with van der Waals surface area (Å²) in [5.74, 6) is 0. The normalized spacial score (nSPS) is 0. The van der Waals surface area contributed by atoms with E-state index in [4.69, 9.17) is 0 Å². The molecule has 0 saturated carbocycles. The van der Waals surface area contributed by atoms with Gasteiger partial charge in [0.05, 0.1) is 0 Å². The molecule has 0 amide bonds. The molecule has 0 aliphatic carbocycles. The quantitative estimate of drug-likeness (QED) is 0.303. The molecule has 0 spiro atoms. The van der Waals surface area contributed by atoms with Crippen molar-refractivity contribution in [1.29, 1.82) is 0 Å². The molecule has 0 bridgehead atoms. The third-order valence-corrected chi connectivity index (χ3v) is 0. The molecular formula is H8AlBCaFeP. The Labute approximate surface area is 92.0 Å². The van der Waals surface area contributed by atoms with Crippen LogP contribution in [0, 0.1) is 0 Å². The first-order valence-corrected chi connectivity index (χ1v) is 0. The maximum Gasteiger partial charge on any atom is 2.00 e. The van der Waals surface area contributed by atoms with Crippen LogP contribution >= 0.6 is 9.90 Å². The fourth-order valence-electron chi connectivity index (χ4n) is 0. The predicted molar refractivity (Wildman–Crippen MR) is 34.8 cm³/mol. The standard InChI is InChI=1S/Al.B.Ca.Fe.H3P.5H/h;;;;1H3;;;;;/q;;+2;;;;;;2*-1. The minimum absolute atomic E-state index is 0. The van der Waals surface area contributed by atoms with Gasteiger partial charge in [-0.15, -0.1) is 0 Å². The molecule has 1 unspecified atom stereocenters. The molecule has 0 nitrogen and oxygen atoms in total. The molecule has 0 aliphatic rings. The Morgan fingerprint density at radius 1 is 1.20 bits per heavy atom. The van der Waals surface area contributed by atoms with E-state index in [-0.39, 0.29) is 93.3 Å². The van der Waals surface area contributed by atoms with E-state index in [1.165, 1.54) is 0 Å². The fraction of sp³-hybridized carbons (Fsp3) is 0. The van der Waals surface area contributed by atoms with Gasteiger partial charge in [0.15, 0.2) is 17.4 Å². The summed E-state index contributed by atoms with van der Waals surface area (Å²) in [5.41, 5.74) is 0. The van der Waals surface area contributed by atoms with E-state index in [0.717, 1.165) is 0 Å². The van der Waals surface area contributed by atoms with Crippen LogP contribution in [0.25, 0.3) is 0 Å². The van der Waals surface area contributed by atoms with E-state index < -0.39 is 0 Å². The van der Waals surface area contributed by atoms with Crippen molar-refractivity contribution in [3.63, 3.8) is 0 Å². The van der Waals surface area contributed by atoms with E-state index in [0.29, 0.717) is 0 Å². The number of rotatable bonds is 0. The molecule has 5 heavy (non-hydrogen) atoms. The Hall–Kier alpha value is 2.81. The second-order valence-corrected chi connectivity index (χ2v) is 0. The van der Waals surface area contributed by atoms with Crippen molar-refractivity contribution in [3.8, 4) is 0 Å². The Morgan fingerprint density at radius 3 is 1.20 bits per heavy atom. The van der Waals surface area contributed by atoms with Gasteiger partial charge in [0.1, 0.15) is 0 Å². The van der Waals surface area contributed by atoms with Crippen LogP contribution < -0.4 is 0 Å². The smallest absolute Gasteiger partial charge is 1.00 e. The van der Waals surface area contributed by atoms with Gasteiger partial charge in [0.2, 0.25) is 0 Å². The van der Waals surface area contributed by atoms with Crippen LogP contribution in [0.3, 0.4) is 0 Å². The van der Waals surface area contributed by atoms with E-state index in [2.05, 4.69) is 0 Å². The molecular weight excluding hydrogens is 165 g/mol. The van der Waals surface area contributed by atoms with Crippen LogP contribution in [0.2, 0.25) is 0 Å². The molecule has 0 aliphatic heterocycles. The van der Waals surface area contributed by atoms with Crippen LogP contribution in [-0.4, -0.2) is 63.5 Å². The van der Waals surface area contributed by atoms with Crippen LogP contribution in [0.4, 0.5) is 0 Å². The summed E-state index contributed by atoms with van der Waals surface area (Å²) in [4.78, 5) is 0. The maximum absolute atomic E-state index is 0. The molecule has 0 N–H and O–H groups in total. The van der Waals surface area contributed by atoms with Crippen LogP contribution in [0.1, 0.15) is 2.85 Å². The second kappa shape index (κ2) is 29.1. The van der Waals surface area contributed by atoms with Crippen molar-refractivity contribution in [3.05, 3.63) is 0 Å². The molecule has 1 atom stereocenters. The van der Waals surface area contributed by atoms with Crippen LogP contribution in [0.15, 0.2) is 0 Å². The van der Waals surface area contributed by atoms with Crippen molar-refractivity contribution >= 4 is 73.4 Å². The average molecular weight is 173 g/mol. The number of hydrogen-bond donors (Lipinski definition) is 0.